The number of carbonyl (C=O) groups excluding carboxylic acids is 1. The standard InChI is InChI=1S/C16H11F2NO/c1-10-5-6-15(18)13(7-10)16(20)14(9-19)11-3-2-4-12(17)8-11/h2-8,14H,1H3. The summed E-state index contributed by atoms with van der Waals surface area (Å²) < 4.78 is 26.9. The number of rotatable bonds is 3. The highest BCUT2D eigenvalue weighted by atomic mass is 19.1. The fourth-order valence-electron chi connectivity index (χ4n) is 1.95. The molecule has 2 aromatic carbocycles. The van der Waals surface area contributed by atoms with Gasteiger partial charge in [-0.2, -0.15) is 5.26 Å². The van der Waals surface area contributed by atoms with Crippen LogP contribution in [0.3, 0.4) is 0 Å². The predicted octanol–water partition coefficient (Wildman–Crippen LogP) is 3.76. The lowest BCUT2D eigenvalue weighted by atomic mass is 9.91. The summed E-state index contributed by atoms with van der Waals surface area (Å²) in [6, 6.07) is 11.1. The van der Waals surface area contributed by atoms with E-state index in [2.05, 4.69) is 0 Å². The van der Waals surface area contributed by atoms with Crippen LogP contribution < -0.4 is 0 Å². The molecule has 0 bridgehead atoms. The number of benzene rings is 2. The first-order valence-electron chi connectivity index (χ1n) is 5.98. The predicted molar refractivity (Wildman–Crippen MR) is 70.2 cm³/mol. The molecular weight excluding hydrogens is 260 g/mol. The minimum Gasteiger partial charge on any atom is -0.292 e. The second-order valence-electron chi connectivity index (χ2n) is 4.46. The third kappa shape index (κ3) is 2.72. The fourth-order valence-corrected chi connectivity index (χ4v) is 1.95. The van der Waals surface area contributed by atoms with E-state index in [4.69, 9.17) is 5.26 Å². The van der Waals surface area contributed by atoms with Crippen LogP contribution in [0.2, 0.25) is 0 Å². The van der Waals surface area contributed by atoms with Crippen LogP contribution in [-0.2, 0) is 0 Å². The van der Waals surface area contributed by atoms with Crippen molar-refractivity contribution in [1.82, 2.24) is 0 Å². The summed E-state index contributed by atoms with van der Waals surface area (Å²) in [7, 11) is 0. The van der Waals surface area contributed by atoms with Gasteiger partial charge in [0.2, 0.25) is 0 Å². The first-order chi connectivity index (χ1) is 9.52. The molecule has 0 aliphatic carbocycles. The van der Waals surface area contributed by atoms with Gasteiger partial charge in [-0.3, -0.25) is 4.79 Å². The largest absolute Gasteiger partial charge is 0.292 e. The Labute approximate surface area is 115 Å². The smallest absolute Gasteiger partial charge is 0.187 e. The zero-order valence-electron chi connectivity index (χ0n) is 10.7. The number of halogens is 2. The second-order valence-corrected chi connectivity index (χ2v) is 4.46. The number of nitrogens with zero attached hydrogens (tertiary/aromatic N) is 1. The first kappa shape index (κ1) is 13.9. The summed E-state index contributed by atoms with van der Waals surface area (Å²) in [5.41, 5.74) is 0.782. The number of hydrogen-bond acceptors (Lipinski definition) is 2. The molecule has 0 N–H and O–H groups in total. The third-order valence-corrected chi connectivity index (χ3v) is 2.96. The van der Waals surface area contributed by atoms with E-state index < -0.39 is 23.3 Å². The highest BCUT2D eigenvalue weighted by molar-refractivity contribution is 6.03. The normalized spacial score (nSPS) is 11.7. The Hall–Kier alpha value is -2.54. The van der Waals surface area contributed by atoms with Crippen LogP contribution in [-0.4, -0.2) is 5.78 Å². The number of Topliss-reactive ketones (excluding diaryl/α,β-unsaturated/α-hetero) is 1. The van der Waals surface area contributed by atoms with Gasteiger partial charge in [-0.15, -0.1) is 0 Å². The van der Waals surface area contributed by atoms with Crippen molar-refractivity contribution in [3.8, 4) is 6.07 Å². The molecule has 100 valence electrons. The van der Waals surface area contributed by atoms with Crippen LogP contribution in [0.1, 0.15) is 27.4 Å². The SMILES string of the molecule is Cc1ccc(F)c(C(=O)C(C#N)c2cccc(F)c2)c1. The summed E-state index contributed by atoms with van der Waals surface area (Å²) in [6.45, 7) is 1.72. The van der Waals surface area contributed by atoms with Gasteiger partial charge in [0.25, 0.3) is 0 Å². The van der Waals surface area contributed by atoms with Gasteiger partial charge in [-0.1, -0.05) is 23.8 Å². The van der Waals surface area contributed by atoms with Crippen molar-refractivity contribution in [3.63, 3.8) is 0 Å². The molecule has 0 aliphatic rings. The van der Waals surface area contributed by atoms with Crippen molar-refractivity contribution in [1.29, 1.82) is 5.26 Å². The lowest BCUT2D eigenvalue weighted by molar-refractivity contribution is 0.0975. The van der Waals surface area contributed by atoms with Crippen molar-refractivity contribution >= 4 is 5.78 Å². The topological polar surface area (TPSA) is 40.9 Å². The van der Waals surface area contributed by atoms with Crippen LogP contribution in [0.15, 0.2) is 42.5 Å². The second kappa shape index (κ2) is 5.62. The van der Waals surface area contributed by atoms with E-state index in [0.717, 1.165) is 6.07 Å². The molecule has 0 saturated heterocycles. The molecule has 0 saturated carbocycles. The minimum atomic E-state index is -1.22. The van der Waals surface area contributed by atoms with E-state index in [-0.39, 0.29) is 11.1 Å². The van der Waals surface area contributed by atoms with E-state index >= 15 is 0 Å². The molecule has 0 spiro atoms. The number of ketones is 1. The summed E-state index contributed by atoms with van der Waals surface area (Å²) >= 11 is 0. The van der Waals surface area contributed by atoms with Crippen LogP contribution in [0.5, 0.6) is 0 Å². The Morgan fingerprint density at radius 1 is 1.20 bits per heavy atom. The fraction of sp³-hybridized carbons (Fsp3) is 0.125. The molecule has 1 unspecified atom stereocenters. The maximum Gasteiger partial charge on any atom is 0.187 e. The highest BCUT2D eigenvalue weighted by Gasteiger charge is 2.24. The average Bonchev–Trinajstić information content (AvgIpc) is 2.42. The lowest BCUT2D eigenvalue weighted by Gasteiger charge is -2.10. The van der Waals surface area contributed by atoms with Gasteiger partial charge >= 0.3 is 0 Å². The van der Waals surface area contributed by atoms with Crippen LogP contribution in [0.4, 0.5) is 8.78 Å². The summed E-state index contributed by atoms with van der Waals surface area (Å²) in [5.74, 6) is -3.11. The molecule has 2 aromatic rings. The quantitative estimate of drug-likeness (QED) is 0.797. The lowest BCUT2D eigenvalue weighted by Crippen LogP contribution is -2.13. The Balaban J connectivity index is 2.45. The molecule has 0 fully saturated rings. The van der Waals surface area contributed by atoms with Crippen LogP contribution in [0, 0.1) is 29.9 Å². The molecule has 2 rings (SSSR count). The van der Waals surface area contributed by atoms with E-state index in [0.29, 0.717) is 5.56 Å². The minimum absolute atomic E-state index is 0.152. The Morgan fingerprint density at radius 2 is 1.95 bits per heavy atom. The maximum atomic E-state index is 13.7. The van der Waals surface area contributed by atoms with E-state index in [9.17, 15) is 13.6 Å². The molecule has 0 heterocycles. The zero-order valence-corrected chi connectivity index (χ0v) is 10.7. The highest BCUT2D eigenvalue weighted by Crippen LogP contribution is 2.23. The molecule has 0 aliphatic heterocycles. The molecule has 2 nitrogen and oxygen atoms in total. The molecule has 1 atom stereocenters. The van der Waals surface area contributed by atoms with Crippen LogP contribution >= 0.6 is 0 Å². The van der Waals surface area contributed by atoms with Crippen molar-refractivity contribution in [3.05, 3.63) is 70.8 Å². The number of aryl methyl sites for hydroxylation is 1. The Bertz CT molecular complexity index is 704. The van der Waals surface area contributed by atoms with Crippen molar-refractivity contribution in [2.45, 2.75) is 12.8 Å². The van der Waals surface area contributed by atoms with Gasteiger partial charge in [0.15, 0.2) is 5.78 Å². The molecule has 0 radical (unpaired) electrons. The molecule has 4 heteroatoms. The van der Waals surface area contributed by atoms with Gasteiger partial charge in [-0.25, -0.2) is 8.78 Å². The third-order valence-electron chi connectivity index (χ3n) is 2.96. The van der Waals surface area contributed by atoms with Gasteiger partial charge in [0.1, 0.15) is 17.6 Å². The first-order valence-corrected chi connectivity index (χ1v) is 5.98. The molecule has 0 amide bonds. The summed E-state index contributed by atoms with van der Waals surface area (Å²) in [6.07, 6.45) is 0. The summed E-state index contributed by atoms with van der Waals surface area (Å²) in [5, 5.41) is 9.15. The van der Waals surface area contributed by atoms with E-state index in [1.54, 1.807) is 6.92 Å². The van der Waals surface area contributed by atoms with Gasteiger partial charge in [0, 0.05) is 0 Å². The molecule has 20 heavy (non-hydrogen) atoms. The molecule has 0 aromatic heterocycles. The number of hydrogen-bond donors (Lipinski definition) is 0. The van der Waals surface area contributed by atoms with E-state index in [1.807, 2.05) is 6.07 Å². The zero-order chi connectivity index (χ0) is 14.7. The van der Waals surface area contributed by atoms with E-state index in [1.165, 1.54) is 36.4 Å². The summed E-state index contributed by atoms with van der Waals surface area (Å²) in [4.78, 5) is 12.3. The van der Waals surface area contributed by atoms with Crippen molar-refractivity contribution < 1.29 is 13.6 Å². The molecular formula is C16H11F2NO. The Kier molecular flexibility index (Phi) is 3.90. The average molecular weight is 271 g/mol. The number of carbonyl (C=O) groups is 1. The van der Waals surface area contributed by atoms with Gasteiger partial charge in [0.05, 0.1) is 11.6 Å². The number of nitriles is 1. The van der Waals surface area contributed by atoms with Crippen LogP contribution in [0.25, 0.3) is 0 Å². The van der Waals surface area contributed by atoms with Crippen molar-refractivity contribution in [2.24, 2.45) is 0 Å². The van der Waals surface area contributed by atoms with Crippen molar-refractivity contribution in [2.75, 3.05) is 0 Å². The maximum absolute atomic E-state index is 13.7. The van der Waals surface area contributed by atoms with Gasteiger partial charge in [-0.05, 0) is 36.8 Å². The monoisotopic (exact) mass is 271 g/mol. The van der Waals surface area contributed by atoms with Gasteiger partial charge < -0.3 is 0 Å². The Morgan fingerprint density at radius 3 is 2.60 bits per heavy atom.